The molecule has 0 fully saturated rings. The number of esters is 1. The Morgan fingerprint density at radius 3 is 2.74 bits per heavy atom. The number of carbonyl (C=O) groups excluding carboxylic acids is 1. The predicted molar refractivity (Wildman–Crippen MR) is 72.2 cm³/mol. The van der Waals surface area contributed by atoms with Gasteiger partial charge in [0.2, 0.25) is 0 Å². The highest BCUT2D eigenvalue weighted by Gasteiger charge is 2.45. The van der Waals surface area contributed by atoms with Crippen molar-refractivity contribution in [2.45, 2.75) is 29.9 Å². The van der Waals surface area contributed by atoms with Crippen molar-refractivity contribution in [3.8, 4) is 0 Å². The summed E-state index contributed by atoms with van der Waals surface area (Å²) in [6.07, 6.45) is 1.06. The summed E-state index contributed by atoms with van der Waals surface area (Å²) < 4.78 is 4.64. The van der Waals surface area contributed by atoms with Crippen LogP contribution in [-0.2, 0) is 20.7 Å². The Morgan fingerprint density at radius 2 is 2.16 bits per heavy atom. The van der Waals surface area contributed by atoms with Crippen molar-refractivity contribution in [2.24, 2.45) is 5.41 Å². The van der Waals surface area contributed by atoms with Gasteiger partial charge in [0.15, 0.2) is 5.41 Å². The number of aliphatic carboxylic acids is 1. The van der Waals surface area contributed by atoms with Crippen LogP contribution in [0, 0.1) is 5.41 Å². The van der Waals surface area contributed by atoms with Crippen LogP contribution >= 0.6 is 11.8 Å². The van der Waals surface area contributed by atoms with Crippen molar-refractivity contribution in [2.75, 3.05) is 7.11 Å². The molecule has 1 aromatic rings. The van der Waals surface area contributed by atoms with E-state index in [1.807, 2.05) is 24.3 Å². The molecule has 1 heterocycles. The molecule has 2 unspecified atom stereocenters. The van der Waals surface area contributed by atoms with Crippen LogP contribution in [0.1, 0.15) is 18.9 Å². The smallest absolute Gasteiger partial charge is 0.322 e. The Bertz CT molecular complexity index is 489. The molecule has 2 rings (SSSR count). The molecule has 1 aromatic carbocycles. The molecular formula is C14H16O4S. The summed E-state index contributed by atoms with van der Waals surface area (Å²) in [5, 5.41) is 9.40. The van der Waals surface area contributed by atoms with Crippen molar-refractivity contribution in [1.82, 2.24) is 0 Å². The number of hydrogen-bond acceptors (Lipinski definition) is 4. The minimum absolute atomic E-state index is 0.0950. The molecule has 0 spiro atoms. The third kappa shape index (κ3) is 2.61. The van der Waals surface area contributed by atoms with E-state index in [0.717, 1.165) is 6.42 Å². The van der Waals surface area contributed by atoms with Gasteiger partial charge in [-0.15, -0.1) is 11.8 Å². The average Bonchev–Trinajstić information content (AvgIpc) is 2.79. The number of carbonyl (C=O) groups is 2. The number of benzene rings is 1. The number of thioether (sulfide) groups is 1. The van der Waals surface area contributed by atoms with E-state index in [1.54, 1.807) is 11.8 Å². The topological polar surface area (TPSA) is 63.6 Å². The van der Waals surface area contributed by atoms with E-state index in [2.05, 4.69) is 4.74 Å². The maximum absolute atomic E-state index is 11.7. The molecule has 5 heteroatoms. The Labute approximate surface area is 116 Å². The minimum atomic E-state index is -1.48. The third-order valence-corrected chi connectivity index (χ3v) is 4.78. The minimum Gasteiger partial charge on any atom is -0.480 e. The van der Waals surface area contributed by atoms with E-state index in [0.29, 0.717) is 0 Å². The molecule has 0 amide bonds. The molecule has 0 radical (unpaired) electrons. The Morgan fingerprint density at radius 1 is 1.47 bits per heavy atom. The van der Waals surface area contributed by atoms with E-state index >= 15 is 0 Å². The van der Waals surface area contributed by atoms with Crippen LogP contribution in [0.3, 0.4) is 0 Å². The van der Waals surface area contributed by atoms with Gasteiger partial charge in [0.25, 0.3) is 0 Å². The number of rotatable bonds is 4. The summed E-state index contributed by atoms with van der Waals surface area (Å²) in [5.74, 6) is -1.81. The monoisotopic (exact) mass is 280 g/mol. The van der Waals surface area contributed by atoms with Gasteiger partial charge in [0, 0.05) is 10.1 Å². The Kier molecular flexibility index (Phi) is 3.85. The highest BCUT2D eigenvalue weighted by Crippen LogP contribution is 2.42. The summed E-state index contributed by atoms with van der Waals surface area (Å²) >= 11 is 1.64. The lowest BCUT2D eigenvalue weighted by Crippen LogP contribution is -2.39. The highest BCUT2D eigenvalue weighted by atomic mass is 32.2. The molecule has 1 N–H and O–H groups in total. The van der Waals surface area contributed by atoms with Crippen molar-refractivity contribution in [1.29, 1.82) is 0 Å². The number of carboxylic acid groups (broad SMARTS) is 1. The second kappa shape index (κ2) is 5.25. The van der Waals surface area contributed by atoms with Crippen molar-refractivity contribution in [3.63, 3.8) is 0 Å². The van der Waals surface area contributed by atoms with E-state index < -0.39 is 17.4 Å². The number of ether oxygens (including phenoxy) is 1. The zero-order chi connectivity index (χ0) is 14.0. The number of methoxy groups -OCH3 is 1. The lowest BCUT2D eigenvalue weighted by atomic mass is 9.84. The maximum atomic E-state index is 11.7. The van der Waals surface area contributed by atoms with E-state index in [1.165, 1.54) is 24.5 Å². The van der Waals surface area contributed by atoms with Gasteiger partial charge >= 0.3 is 11.9 Å². The molecule has 19 heavy (non-hydrogen) atoms. The molecule has 0 bridgehead atoms. The Hall–Kier alpha value is -1.49. The number of hydrogen-bond donors (Lipinski definition) is 1. The summed E-state index contributed by atoms with van der Waals surface area (Å²) in [6, 6.07) is 8.00. The van der Waals surface area contributed by atoms with Crippen molar-refractivity contribution < 1.29 is 19.4 Å². The first-order chi connectivity index (χ1) is 8.97. The molecule has 1 aliphatic rings. The van der Waals surface area contributed by atoms with Crippen LogP contribution in [0.15, 0.2) is 29.2 Å². The average molecular weight is 280 g/mol. The normalized spacial score (nSPS) is 20.4. The van der Waals surface area contributed by atoms with Gasteiger partial charge in [-0.1, -0.05) is 18.2 Å². The standard InChI is InChI=1S/C14H16O4S/c1-14(12(15)16,13(17)18-2)8-10-7-9-5-3-4-6-11(9)19-10/h3-6,10H,7-8H2,1-2H3,(H,15,16). The van der Waals surface area contributed by atoms with Gasteiger partial charge < -0.3 is 9.84 Å². The van der Waals surface area contributed by atoms with Crippen LogP contribution in [0.2, 0.25) is 0 Å². The second-order valence-electron chi connectivity index (χ2n) is 4.88. The van der Waals surface area contributed by atoms with E-state index in [-0.39, 0.29) is 11.7 Å². The molecule has 0 aromatic heterocycles. The first kappa shape index (κ1) is 13.9. The lowest BCUT2D eigenvalue weighted by Gasteiger charge is -2.24. The molecule has 0 saturated heterocycles. The van der Waals surface area contributed by atoms with Gasteiger partial charge in [-0.05, 0) is 31.4 Å². The SMILES string of the molecule is COC(=O)C(C)(CC1Cc2ccccc2S1)C(=O)O. The fourth-order valence-electron chi connectivity index (χ4n) is 2.31. The third-order valence-electron chi connectivity index (χ3n) is 3.46. The van der Waals surface area contributed by atoms with Crippen LogP contribution < -0.4 is 0 Å². The van der Waals surface area contributed by atoms with E-state index in [4.69, 9.17) is 0 Å². The lowest BCUT2D eigenvalue weighted by molar-refractivity contribution is -0.166. The summed E-state index contributed by atoms with van der Waals surface area (Å²) in [7, 11) is 1.22. The van der Waals surface area contributed by atoms with Gasteiger partial charge in [0.05, 0.1) is 7.11 Å². The number of fused-ring (bicyclic) bond motifs is 1. The molecule has 0 saturated carbocycles. The molecule has 2 atom stereocenters. The van der Waals surface area contributed by atoms with Crippen molar-refractivity contribution in [3.05, 3.63) is 29.8 Å². The molecule has 102 valence electrons. The second-order valence-corrected chi connectivity index (χ2v) is 6.23. The zero-order valence-corrected chi connectivity index (χ0v) is 11.7. The van der Waals surface area contributed by atoms with Crippen molar-refractivity contribution >= 4 is 23.7 Å². The fraction of sp³-hybridized carbons (Fsp3) is 0.429. The fourth-order valence-corrected chi connectivity index (χ4v) is 3.80. The van der Waals surface area contributed by atoms with Gasteiger partial charge in [-0.25, -0.2) is 0 Å². The highest BCUT2D eigenvalue weighted by molar-refractivity contribution is 8.00. The predicted octanol–water partition coefficient (Wildman–Crippen LogP) is 2.36. The van der Waals surface area contributed by atoms with Gasteiger partial charge in [-0.3, -0.25) is 9.59 Å². The maximum Gasteiger partial charge on any atom is 0.322 e. The van der Waals surface area contributed by atoms with Gasteiger partial charge in [0.1, 0.15) is 0 Å². The van der Waals surface area contributed by atoms with Crippen LogP contribution in [0.25, 0.3) is 0 Å². The molecule has 1 aliphatic heterocycles. The molecular weight excluding hydrogens is 264 g/mol. The first-order valence-corrected chi connectivity index (χ1v) is 6.91. The quantitative estimate of drug-likeness (QED) is 0.677. The number of carboxylic acids is 1. The van der Waals surface area contributed by atoms with Crippen LogP contribution in [-0.4, -0.2) is 29.4 Å². The van der Waals surface area contributed by atoms with Gasteiger partial charge in [-0.2, -0.15) is 0 Å². The zero-order valence-electron chi connectivity index (χ0n) is 10.9. The van der Waals surface area contributed by atoms with Crippen LogP contribution in [0.4, 0.5) is 0 Å². The first-order valence-electron chi connectivity index (χ1n) is 6.04. The van der Waals surface area contributed by atoms with Crippen LogP contribution in [0.5, 0.6) is 0 Å². The Balaban J connectivity index is 2.14. The molecule has 0 aliphatic carbocycles. The summed E-state index contributed by atoms with van der Waals surface area (Å²) in [6.45, 7) is 1.44. The summed E-state index contributed by atoms with van der Waals surface area (Å²) in [5.41, 5.74) is -0.260. The molecule has 4 nitrogen and oxygen atoms in total. The summed E-state index contributed by atoms with van der Waals surface area (Å²) in [4.78, 5) is 24.3. The van der Waals surface area contributed by atoms with E-state index in [9.17, 15) is 14.7 Å². The largest absolute Gasteiger partial charge is 0.480 e.